The Balaban J connectivity index is 1.73. The van der Waals surface area contributed by atoms with E-state index in [0.717, 1.165) is 17.0 Å². The van der Waals surface area contributed by atoms with Crippen molar-refractivity contribution in [2.45, 2.75) is 6.18 Å². The molecule has 8 nitrogen and oxygen atoms in total. The topological polar surface area (TPSA) is 86.7 Å². The average molecular weight is 338 g/mol. The van der Waals surface area contributed by atoms with E-state index < -0.39 is 12.0 Å². The lowest BCUT2D eigenvalue weighted by atomic mass is 10.2. The van der Waals surface area contributed by atoms with Gasteiger partial charge in [0.1, 0.15) is 11.3 Å². The normalized spacial score (nSPS) is 12.1. The maximum Gasteiger partial charge on any atom is 0.453 e. The molecule has 0 radical (unpaired) electrons. The van der Waals surface area contributed by atoms with Crippen LogP contribution in [-0.2, 0) is 6.18 Å². The Morgan fingerprint density at radius 3 is 2.48 bits per heavy atom. The lowest BCUT2D eigenvalue weighted by Gasteiger charge is -2.01. The van der Waals surface area contributed by atoms with Crippen LogP contribution in [0.2, 0.25) is 0 Å². The third-order valence-electron chi connectivity index (χ3n) is 2.97. The van der Waals surface area contributed by atoms with Crippen LogP contribution in [-0.4, -0.2) is 40.0 Å². The van der Waals surface area contributed by atoms with E-state index in [0.29, 0.717) is 15.1 Å². The Bertz CT molecular complexity index is 954. The molecule has 0 aliphatic rings. The van der Waals surface area contributed by atoms with Gasteiger partial charge < -0.3 is 0 Å². The second-order valence-electron chi connectivity index (χ2n) is 4.42. The van der Waals surface area contributed by atoms with E-state index in [1.165, 1.54) is 11.0 Å². The maximum absolute atomic E-state index is 12.8. The van der Waals surface area contributed by atoms with Crippen molar-refractivity contribution >= 4 is 16.3 Å². The van der Waals surface area contributed by atoms with Crippen LogP contribution in [0.25, 0.3) is 21.2 Å². The molecule has 4 rings (SSSR count). The van der Waals surface area contributed by atoms with Crippen LogP contribution in [0.1, 0.15) is 5.82 Å². The summed E-state index contributed by atoms with van der Waals surface area (Å²) in [4.78, 5) is 0.0804. The van der Waals surface area contributed by atoms with E-state index in [1.54, 1.807) is 24.3 Å². The molecule has 0 N–H and O–H groups in total. The lowest BCUT2D eigenvalue weighted by molar-refractivity contribution is -0.146. The average Bonchev–Trinajstić information content (AvgIpc) is 3.22. The van der Waals surface area contributed by atoms with Gasteiger partial charge in [0.05, 0.1) is 5.69 Å². The van der Waals surface area contributed by atoms with Crippen molar-refractivity contribution in [3.63, 3.8) is 0 Å². The summed E-state index contributed by atoms with van der Waals surface area (Å²) in [5.41, 5.74) is 1.38. The summed E-state index contributed by atoms with van der Waals surface area (Å²) in [5, 5.41) is 21.8. The first-order valence-corrected chi connectivity index (χ1v) is 6.97. The van der Waals surface area contributed by atoms with Crippen molar-refractivity contribution in [1.82, 2.24) is 40.0 Å². The molecule has 0 fully saturated rings. The first-order chi connectivity index (χ1) is 11.0. The number of halogens is 3. The van der Waals surface area contributed by atoms with Crippen LogP contribution in [0.5, 0.6) is 0 Å². The van der Waals surface area contributed by atoms with Crippen molar-refractivity contribution in [3.05, 3.63) is 36.4 Å². The van der Waals surface area contributed by atoms with E-state index in [2.05, 4.69) is 30.8 Å². The van der Waals surface area contributed by atoms with E-state index >= 15 is 0 Å². The molecule has 0 unspecified atom stereocenters. The molecule has 116 valence electrons. The van der Waals surface area contributed by atoms with Gasteiger partial charge in [0.2, 0.25) is 4.96 Å². The second-order valence-corrected chi connectivity index (χ2v) is 5.38. The molecular weight excluding hydrogens is 333 g/mol. The predicted octanol–water partition coefficient (Wildman–Crippen LogP) is 1.85. The Morgan fingerprint density at radius 2 is 1.83 bits per heavy atom. The lowest BCUT2D eigenvalue weighted by Crippen LogP contribution is -2.11. The molecule has 1 aromatic carbocycles. The van der Waals surface area contributed by atoms with Crippen LogP contribution in [0.4, 0.5) is 13.2 Å². The van der Waals surface area contributed by atoms with Crippen molar-refractivity contribution in [2.24, 2.45) is 0 Å². The summed E-state index contributed by atoms with van der Waals surface area (Å²) in [6, 6.07) is 6.91. The molecular formula is C11H5F3N8S. The quantitative estimate of drug-likeness (QED) is 0.554. The zero-order valence-electron chi connectivity index (χ0n) is 11.0. The smallest absolute Gasteiger partial charge is 0.201 e. The third-order valence-corrected chi connectivity index (χ3v) is 3.92. The molecule has 0 amide bonds. The Hall–Kier alpha value is -2.89. The number of rotatable bonds is 2. The van der Waals surface area contributed by atoms with E-state index in [4.69, 9.17) is 0 Å². The fourth-order valence-electron chi connectivity index (χ4n) is 1.95. The summed E-state index contributed by atoms with van der Waals surface area (Å²) in [6.07, 6.45) is -3.16. The minimum absolute atomic E-state index is 0.0804. The number of hydrogen-bond donors (Lipinski definition) is 0. The highest BCUT2D eigenvalue weighted by Crippen LogP contribution is 2.31. The van der Waals surface area contributed by atoms with Crippen molar-refractivity contribution in [2.75, 3.05) is 0 Å². The zero-order chi connectivity index (χ0) is 16.0. The first kappa shape index (κ1) is 13.8. The first-order valence-electron chi connectivity index (χ1n) is 6.15. The fraction of sp³-hybridized carbons (Fsp3) is 0.0909. The van der Waals surface area contributed by atoms with Gasteiger partial charge in [0.25, 0.3) is 5.82 Å². The Morgan fingerprint density at radius 1 is 1.04 bits per heavy atom. The SMILES string of the molecule is FC(F)(F)c1nnc2sc(-c3ccc(-n4cnnn4)cc3)nn12. The molecule has 3 heterocycles. The van der Waals surface area contributed by atoms with Crippen LogP contribution in [0, 0.1) is 0 Å². The van der Waals surface area contributed by atoms with Crippen molar-refractivity contribution in [1.29, 1.82) is 0 Å². The summed E-state index contributed by atoms with van der Waals surface area (Å²) in [5.74, 6) is -1.14. The van der Waals surface area contributed by atoms with Crippen LogP contribution in [0.15, 0.2) is 30.6 Å². The number of hydrogen-bond acceptors (Lipinski definition) is 7. The van der Waals surface area contributed by atoms with Gasteiger partial charge >= 0.3 is 6.18 Å². The van der Waals surface area contributed by atoms with Crippen LogP contribution >= 0.6 is 11.3 Å². The van der Waals surface area contributed by atoms with Crippen LogP contribution in [0.3, 0.4) is 0 Å². The molecule has 0 aliphatic heterocycles. The highest BCUT2D eigenvalue weighted by molar-refractivity contribution is 7.19. The zero-order valence-corrected chi connectivity index (χ0v) is 11.8. The van der Waals surface area contributed by atoms with Gasteiger partial charge in [-0.25, -0.2) is 4.68 Å². The second kappa shape index (κ2) is 4.81. The van der Waals surface area contributed by atoms with Gasteiger partial charge in [-0.1, -0.05) is 11.3 Å². The molecule has 3 aromatic heterocycles. The van der Waals surface area contributed by atoms with Crippen molar-refractivity contribution < 1.29 is 13.2 Å². The van der Waals surface area contributed by atoms with Gasteiger partial charge in [0, 0.05) is 5.56 Å². The third kappa shape index (κ3) is 2.32. The summed E-state index contributed by atoms with van der Waals surface area (Å²) < 4.78 is 40.5. The van der Waals surface area contributed by atoms with Gasteiger partial charge in [0.15, 0.2) is 0 Å². The number of tetrazole rings is 1. The number of fused-ring (bicyclic) bond motifs is 1. The molecule has 0 spiro atoms. The monoisotopic (exact) mass is 338 g/mol. The standard InChI is InChI=1S/C11H5F3N8S/c12-11(13,14)9-16-17-10-22(9)18-8(23-10)6-1-3-7(4-2-6)21-5-15-19-20-21/h1-5H. The van der Waals surface area contributed by atoms with Crippen LogP contribution < -0.4 is 0 Å². The van der Waals surface area contributed by atoms with Crippen molar-refractivity contribution in [3.8, 4) is 16.3 Å². The molecule has 4 aromatic rings. The van der Waals surface area contributed by atoms with Gasteiger partial charge in [-0.3, -0.25) is 0 Å². The molecule has 0 bridgehead atoms. The predicted molar refractivity (Wildman–Crippen MR) is 71.8 cm³/mol. The van der Waals surface area contributed by atoms with Gasteiger partial charge in [-0.05, 0) is 34.7 Å². The molecule has 0 atom stereocenters. The largest absolute Gasteiger partial charge is 0.453 e. The summed E-state index contributed by atoms with van der Waals surface area (Å²) in [7, 11) is 0. The van der Waals surface area contributed by atoms with E-state index in [-0.39, 0.29) is 4.96 Å². The maximum atomic E-state index is 12.8. The molecule has 0 aliphatic carbocycles. The highest BCUT2D eigenvalue weighted by Gasteiger charge is 2.38. The Kier molecular flexibility index (Phi) is 2.87. The molecule has 0 saturated heterocycles. The van der Waals surface area contributed by atoms with E-state index in [9.17, 15) is 13.2 Å². The number of nitrogens with zero attached hydrogens (tertiary/aromatic N) is 8. The minimum atomic E-state index is -4.60. The summed E-state index contributed by atoms with van der Waals surface area (Å²) in [6.45, 7) is 0. The number of aromatic nitrogens is 8. The molecule has 23 heavy (non-hydrogen) atoms. The summed E-state index contributed by atoms with van der Waals surface area (Å²) >= 11 is 1.02. The Labute approximate surface area is 129 Å². The molecule has 12 heteroatoms. The number of benzene rings is 1. The fourth-order valence-corrected chi connectivity index (χ4v) is 2.79. The highest BCUT2D eigenvalue weighted by atomic mass is 32.1. The van der Waals surface area contributed by atoms with E-state index in [1.807, 2.05) is 0 Å². The minimum Gasteiger partial charge on any atom is -0.201 e. The van der Waals surface area contributed by atoms with Gasteiger partial charge in [-0.15, -0.1) is 15.3 Å². The number of alkyl halides is 3. The molecule has 0 saturated carbocycles. The van der Waals surface area contributed by atoms with Gasteiger partial charge in [-0.2, -0.15) is 22.8 Å².